The summed E-state index contributed by atoms with van der Waals surface area (Å²) in [6, 6.07) is 0.116. The van der Waals surface area contributed by atoms with Gasteiger partial charge >= 0.3 is 0 Å². The molecule has 0 aromatic rings. The normalized spacial score (nSPS) is 28.8. The minimum absolute atomic E-state index is 0.00170. The van der Waals surface area contributed by atoms with Crippen molar-refractivity contribution in [2.45, 2.75) is 52.0 Å². The molecule has 3 N–H and O–H groups in total. The van der Waals surface area contributed by atoms with Gasteiger partial charge in [0.15, 0.2) is 6.54 Å². The lowest BCUT2D eigenvalue weighted by atomic mass is 9.75. The van der Waals surface area contributed by atoms with E-state index < -0.39 is 0 Å². The van der Waals surface area contributed by atoms with Crippen molar-refractivity contribution in [3.63, 3.8) is 0 Å². The van der Waals surface area contributed by atoms with E-state index in [1.54, 1.807) is 0 Å². The van der Waals surface area contributed by atoms with Gasteiger partial charge in [-0.15, -0.1) is 0 Å². The van der Waals surface area contributed by atoms with Crippen molar-refractivity contribution in [3.05, 3.63) is 0 Å². The zero-order valence-corrected chi connectivity index (χ0v) is 13.4. The number of fused-ring (bicyclic) bond motifs is 1. The maximum atomic E-state index is 11.9. The van der Waals surface area contributed by atoms with Crippen molar-refractivity contribution in [3.8, 4) is 0 Å². The summed E-state index contributed by atoms with van der Waals surface area (Å²) >= 11 is 0. The first kappa shape index (κ1) is 16.3. The van der Waals surface area contributed by atoms with E-state index in [4.69, 9.17) is 0 Å². The van der Waals surface area contributed by atoms with Crippen LogP contribution in [-0.4, -0.2) is 44.0 Å². The summed E-state index contributed by atoms with van der Waals surface area (Å²) in [6.07, 6.45) is 6.74. The third-order valence-corrected chi connectivity index (χ3v) is 4.79. The van der Waals surface area contributed by atoms with E-state index in [0.29, 0.717) is 6.54 Å². The van der Waals surface area contributed by atoms with Gasteiger partial charge in [-0.3, -0.25) is 9.59 Å². The Balaban J connectivity index is 1.67. The second-order valence-corrected chi connectivity index (χ2v) is 6.97. The molecule has 0 aromatic heterocycles. The lowest BCUT2D eigenvalue weighted by molar-refractivity contribution is -0.902. The van der Waals surface area contributed by atoms with E-state index in [2.05, 4.69) is 10.6 Å². The molecule has 1 saturated heterocycles. The molecule has 2 amide bonds. The van der Waals surface area contributed by atoms with Crippen LogP contribution >= 0.6 is 0 Å². The average molecular weight is 296 g/mol. The van der Waals surface area contributed by atoms with Crippen LogP contribution in [0.2, 0.25) is 0 Å². The third kappa shape index (κ3) is 5.30. The quantitative estimate of drug-likeness (QED) is 0.653. The van der Waals surface area contributed by atoms with Crippen LogP contribution in [0.1, 0.15) is 46.0 Å². The third-order valence-electron chi connectivity index (χ3n) is 4.79. The second-order valence-electron chi connectivity index (χ2n) is 6.97. The van der Waals surface area contributed by atoms with Crippen LogP contribution in [0.3, 0.4) is 0 Å². The van der Waals surface area contributed by atoms with Crippen molar-refractivity contribution in [2.75, 3.05) is 26.2 Å². The van der Waals surface area contributed by atoms with Gasteiger partial charge in [-0.25, -0.2) is 0 Å². The first-order valence-electron chi connectivity index (χ1n) is 8.44. The number of likely N-dealkylation sites (tertiary alicyclic amines) is 1. The van der Waals surface area contributed by atoms with Crippen molar-refractivity contribution in [2.24, 2.45) is 11.8 Å². The van der Waals surface area contributed by atoms with Gasteiger partial charge in [0.25, 0.3) is 5.91 Å². The second kappa shape index (κ2) is 7.78. The Bertz CT molecular complexity index is 371. The Labute approximate surface area is 127 Å². The van der Waals surface area contributed by atoms with Crippen molar-refractivity contribution in [1.82, 2.24) is 10.6 Å². The molecular weight excluding hydrogens is 266 g/mol. The summed E-state index contributed by atoms with van der Waals surface area (Å²) in [6.45, 7) is 6.67. The maximum absolute atomic E-state index is 11.9. The Hall–Kier alpha value is -1.10. The predicted molar refractivity (Wildman–Crippen MR) is 81.9 cm³/mol. The van der Waals surface area contributed by atoms with Gasteiger partial charge in [0.1, 0.15) is 0 Å². The lowest BCUT2D eigenvalue weighted by Crippen LogP contribution is -3.15. The highest BCUT2D eigenvalue weighted by Crippen LogP contribution is 2.32. The van der Waals surface area contributed by atoms with Gasteiger partial charge in [-0.05, 0) is 39.0 Å². The first-order chi connectivity index (χ1) is 10.0. The highest BCUT2D eigenvalue weighted by atomic mass is 16.2. The van der Waals surface area contributed by atoms with E-state index in [9.17, 15) is 9.59 Å². The number of nitrogens with one attached hydrogen (secondary N) is 3. The van der Waals surface area contributed by atoms with Crippen molar-refractivity contribution >= 4 is 11.8 Å². The number of quaternary nitrogens is 1. The van der Waals surface area contributed by atoms with E-state index in [1.807, 2.05) is 13.8 Å². The van der Waals surface area contributed by atoms with Crippen molar-refractivity contribution < 1.29 is 14.5 Å². The number of carbonyl (C=O) groups excluding carboxylic acids is 2. The fourth-order valence-corrected chi connectivity index (χ4v) is 3.80. The minimum atomic E-state index is -0.112. The molecule has 3 atom stereocenters. The molecule has 1 aliphatic carbocycles. The van der Waals surface area contributed by atoms with Gasteiger partial charge in [-0.1, -0.05) is 12.8 Å². The molecule has 2 fully saturated rings. The highest BCUT2D eigenvalue weighted by molar-refractivity contribution is 5.85. The fourth-order valence-electron chi connectivity index (χ4n) is 3.80. The molecule has 0 radical (unpaired) electrons. The summed E-state index contributed by atoms with van der Waals surface area (Å²) in [7, 11) is 0. The smallest absolute Gasteiger partial charge is 0.275 e. The van der Waals surface area contributed by atoms with Gasteiger partial charge in [0.05, 0.1) is 19.6 Å². The molecule has 0 bridgehead atoms. The highest BCUT2D eigenvalue weighted by Gasteiger charge is 2.34. The van der Waals surface area contributed by atoms with Crippen LogP contribution in [0.5, 0.6) is 0 Å². The zero-order valence-electron chi connectivity index (χ0n) is 13.4. The van der Waals surface area contributed by atoms with Crippen LogP contribution in [0.25, 0.3) is 0 Å². The number of amides is 2. The van der Waals surface area contributed by atoms with Gasteiger partial charge in [-0.2, -0.15) is 0 Å². The summed E-state index contributed by atoms with van der Waals surface area (Å²) in [5, 5.41) is 5.51. The molecule has 21 heavy (non-hydrogen) atoms. The van der Waals surface area contributed by atoms with E-state index >= 15 is 0 Å². The monoisotopic (exact) mass is 296 g/mol. The Morgan fingerprint density at radius 2 is 1.81 bits per heavy atom. The number of rotatable bonds is 5. The number of carbonyl (C=O) groups is 2. The molecule has 5 nitrogen and oxygen atoms in total. The van der Waals surface area contributed by atoms with Gasteiger partial charge in [0.2, 0.25) is 5.91 Å². The molecule has 0 aromatic carbocycles. The molecule has 1 aliphatic heterocycles. The molecule has 1 unspecified atom stereocenters. The average Bonchev–Trinajstić information content (AvgIpc) is 2.44. The Morgan fingerprint density at radius 3 is 2.52 bits per heavy atom. The number of hydrogen-bond donors (Lipinski definition) is 3. The fraction of sp³-hybridized carbons (Fsp3) is 0.875. The van der Waals surface area contributed by atoms with E-state index in [0.717, 1.165) is 24.9 Å². The van der Waals surface area contributed by atoms with Gasteiger partial charge in [0, 0.05) is 12.0 Å². The Kier molecular flexibility index (Phi) is 6.03. The summed E-state index contributed by atoms with van der Waals surface area (Å²) in [5.41, 5.74) is 0. The minimum Gasteiger partial charge on any atom is -0.352 e. The molecule has 2 rings (SSSR count). The van der Waals surface area contributed by atoms with Gasteiger partial charge < -0.3 is 15.5 Å². The van der Waals surface area contributed by atoms with Crippen LogP contribution in [-0.2, 0) is 9.59 Å². The molecule has 0 spiro atoms. The summed E-state index contributed by atoms with van der Waals surface area (Å²) < 4.78 is 0. The largest absolute Gasteiger partial charge is 0.352 e. The van der Waals surface area contributed by atoms with Crippen LogP contribution in [0.4, 0.5) is 0 Å². The molecule has 120 valence electrons. The zero-order chi connectivity index (χ0) is 15.2. The molecular formula is C16H30N3O2+. The van der Waals surface area contributed by atoms with E-state index in [-0.39, 0.29) is 24.4 Å². The molecule has 2 aliphatic rings. The topological polar surface area (TPSA) is 62.6 Å². The summed E-state index contributed by atoms with van der Waals surface area (Å²) in [4.78, 5) is 24.8. The molecule has 5 heteroatoms. The van der Waals surface area contributed by atoms with Crippen LogP contribution < -0.4 is 15.5 Å². The predicted octanol–water partition coefficient (Wildman–Crippen LogP) is -0.278. The Morgan fingerprint density at radius 1 is 1.10 bits per heavy atom. The lowest BCUT2D eigenvalue weighted by Gasteiger charge is -2.38. The molecule has 1 saturated carbocycles. The first-order valence-corrected chi connectivity index (χ1v) is 8.44. The molecule has 1 heterocycles. The van der Waals surface area contributed by atoms with Crippen LogP contribution in [0.15, 0.2) is 0 Å². The number of piperidine rings is 1. The summed E-state index contributed by atoms with van der Waals surface area (Å²) in [5.74, 6) is 1.61. The maximum Gasteiger partial charge on any atom is 0.275 e. The standard InChI is InChI=1S/C16H29N3O2/c1-12(2)18-15(20)9-17-16(21)11-19-8-7-13-5-3-4-6-14(13)10-19/h12-14H,3-11H2,1-2H3,(H,17,21)(H,18,20)/p+1/t13-,14-/m1/s1. The van der Waals surface area contributed by atoms with Crippen LogP contribution in [0, 0.1) is 11.8 Å². The number of hydrogen-bond acceptors (Lipinski definition) is 2. The van der Waals surface area contributed by atoms with E-state index in [1.165, 1.54) is 37.0 Å². The van der Waals surface area contributed by atoms with Crippen molar-refractivity contribution in [1.29, 1.82) is 0 Å². The SMILES string of the molecule is CC(C)NC(=O)CNC(=O)C[NH+]1CC[C@H]2CCCC[C@@H]2C1.